The van der Waals surface area contributed by atoms with Crippen LogP contribution in [-0.4, -0.2) is 33.2 Å². The van der Waals surface area contributed by atoms with Gasteiger partial charge in [0.15, 0.2) is 5.69 Å². The van der Waals surface area contributed by atoms with Gasteiger partial charge >= 0.3 is 0 Å². The Morgan fingerprint density at radius 2 is 2.33 bits per heavy atom. The molecule has 18 heavy (non-hydrogen) atoms. The molecule has 1 atom stereocenters. The number of hydrogen-bond donors (Lipinski definition) is 1. The Kier molecular flexibility index (Phi) is 5.22. The minimum absolute atomic E-state index is 0.100. The van der Waals surface area contributed by atoms with Gasteiger partial charge in [0.1, 0.15) is 11.0 Å². The van der Waals surface area contributed by atoms with Crippen LogP contribution in [0.25, 0.3) is 0 Å². The molecule has 1 aromatic heterocycles. The first-order valence-corrected chi connectivity index (χ1v) is 6.86. The molecule has 0 aliphatic heterocycles. The highest BCUT2D eigenvalue weighted by atomic mass is 32.2. The number of rotatable bonds is 6. The first kappa shape index (κ1) is 14.6. The first-order valence-electron chi connectivity index (χ1n) is 5.37. The number of methoxy groups -OCH3 is 1. The summed E-state index contributed by atoms with van der Waals surface area (Å²) in [4.78, 5) is 3.63. The Balaban J connectivity index is 2.90. The van der Waals surface area contributed by atoms with E-state index in [1.807, 2.05) is 0 Å². The van der Waals surface area contributed by atoms with E-state index in [2.05, 4.69) is 9.71 Å². The fraction of sp³-hybridized carbons (Fsp3) is 0.455. The summed E-state index contributed by atoms with van der Waals surface area (Å²) in [5, 5.41) is 8.83. The third kappa shape index (κ3) is 3.77. The number of nitriles is 1. The highest BCUT2D eigenvalue weighted by Crippen LogP contribution is 2.12. The normalized spacial score (nSPS) is 12.9. The molecule has 7 heteroatoms. The zero-order valence-electron chi connectivity index (χ0n) is 10.3. The standard InChI is InChI=1S/C11H15N3O3S/c1-9(5-7-17-2)14-18(15,16)11-4-3-6-13-10(11)8-12/h3-4,6,9,14H,5,7H2,1-2H3. The molecule has 1 N–H and O–H groups in total. The van der Waals surface area contributed by atoms with Crippen molar-refractivity contribution >= 4 is 10.0 Å². The van der Waals surface area contributed by atoms with Crippen LogP contribution in [0, 0.1) is 11.3 Å². The molecule has 0 bridgehead atoms. The van der Waals surface area contributed by atoms with Gasteiger partial charge in [0.2, 0.25) is 10.0 Å². The third-order valence-corrected chi connectivity index (χ3v) is 3.90. The Morgan fingerprint density at radius 1 is 1.61 bits per heavy atom. The smallest absolute Gasteiger partial charge is 0.243 e. The van der Waals surface area contributed by atoms with Crippen LogP contribution in [0.3, 0.4) is 0 Å². The molecule has 0 spiro atoms. The van der Waals surface area contributed by atoms with Crippen molar-refractivity contribution in [2.24, 2.45) is 0 Å². The Bertz CT molecular complexity index is 537. The van der Waals surface area contributed by atoms with Gasteiger partial charge in [-0.15, -0.1) is 0 Å². The van der Waals surface area contributed by atoms with E-state index in [1.54, 1.807) is 20.1 Å². The van der Waals surface area contributed by atoms with Gasteiger partial charge < -0.3 is 4.74 Å². The summed E-state index contributed by atoms with van der Waals surface area (Å²) < 4.78 is 31.4. The summed E-state index contributed by atoms with van der Waals surface area (Å²) in [6, 6.07) is 4.33. The lowest BCUT2D eigenvalue weighted by molar-refractivity contribution is 0.188. The van der Waals surface area contributed by atoms with Crippen molar-refractivity contribution in [3.8, 4) is 6.07 Å². The van der Waals surface area contributed by atoms with Gasteiger partial charge in [0.05, 0.1) is 0 Å². The number of aromatic nitrogens is 1. The van der Waals surface area contributed by atoms with Crippen molar-refractivity contribution in [2.75, 3.05) is 13.7 Å². The number of ether oxygens (including phenoxy) is 1. The lowest BCUT2D eigenvalue weighted by Crippen LogP contribution is -2.33. The molecule has 98 valence electrons. The summed E-state index contributed by atoms with van der Waals surface area (Å²) in [7, 11) is -2.17. The van der Waals surface area contributed by atoms with Crippen LogP contribution in [0.5, 0.6) is 0 Å². The maximum atomic E-state index is 12.0. The lowest BCUT2D eigenvalue weighted by Gasteiger charge is -2.13. The molecule has 1 aromatic rings. The van der Waals surface area contributed by atoms with Gasteiger partial charge in [-0.2, -0.15) is 5.26 Å². The van der Waals surface area contributed by atoms with Gasteiger partial charge in [-0.05, 0) is 25.5 Å². The van der Waals surface area contributed by atoms with E-state index in [4.69, 9.17) is 10.00 Å². The van der Waals surface area contributed by atoms with Crippen molar-refractivity contribution in [2.45, 2.75) is 24.3 Å². The van der Waals surface area contributed by atoms with E-state index in [0.29, 0.717) is 13.0 Å². The molecule has 0 radical (unpaired) electrons. The number of nitrogens with zero attached hydrogens (tertiary/aromatic N) is 2. The van der Waals surface area contributed by atoms with E-state index in [9.17, 15) is 8.42 Å². The molecule has 0 saturated carbocycles. The van der Waals surface area contributed by atoms with Crippen LogP contribution in [0.1, 0.15) is 19.0 Å². The molecule has 0 fully saturated rings. The van der Waals surface area contributed by atoms with Crippen molar-refractivity contribution < 1.29 is 13.2 Å². The van der Waals surface area contributed by atoms with Crippen LogP contribution in [-0.2, 0) is 14.8 Å². The second-order valence-electron chi connectivity index (χ2n) is 3.77. The zero-order valence-corrected chi connectivity index (χ0v) is 11.1. The molecule has 0 amide bonds. The Labute approximate surface area is 107 Å². The second-order valence-corrected chi connectivity index (χ2v) is 5.45. The van der Waals surface area contributed by atoms with E-state index < -0.39 is 10.0 Å². The lowest BCUT2D eigenvalue weighted by atomic mass is 10.3. The average molecular weight is 269 g/mol. The quantitative estimate of drug-likeness (QED) is 0.818. The maximum Gasteiger partial charge on any atom is 0.243 e. The molecular formula is C11H15N3O3S. The van der Waals surface area contributed by atoms with Crippen molar-refractivity contribution in [3.63, 3.8) is 0 Å². The van der Waals surface area contributed by atoms with Crippen molar-refractivity contribution in [1.29, 1.82) is 5.26 Å². The van der Waals surface area contributed by atoms with Gasteiger partial charge in [-0.3, -0.25) is 0 Å². The van der Waals surface area contributed by atoms with Crippen LogP contribution in [0.4, 0.5) is 0 Å². The van der Waals surface area contributed by atoms with Crippen LogP contribution in [0.15, 0.2) is 23.2 Å². The second kappa shape index (κ2) is 6.44. The highest BCUT2D eigenvalue weighted by Gasteiger charge is 2.21. The molecule has 0 aliphatic rings. The van der Waals surface area contributed by atoms with Crippen molar-refractivity contribution in [1.82, 2.24) is 9.71 Å². The summed E-state index contributed by atoms with van der Waals surface area (Å²) >= 11 is 0. The molecule has 0 saturated heterocycles. The fourth-order valence-corrected chi connectivity index (χ4v) is 2.76. The minimum atomic E-state index is -3.72. The number of sulfonamides is 1. The van der Waals surface area contributed by atoms with Gasteiger partial charge in [0, 0.05) is 26.0 Å². The van der Waals surface area contributed by atoms with Gasteiger partial charge in [-0.25, -0.2) is 18.1 Å². The maximum absolute atomic E-state index is 12.0. The molecular weight excluding hydrogens is 254 g/mol. The summed E-state index contributed by atoms with van der Waals surface area (Å²) in [5.41, 5.74) is -0.107. The van der Waals surface area contributed by atoms with E-state index >= 15 is 0 Å². The highest BCUT2D eigenvalue weighted by molar-refractivity contribution is 7.89. The minimum Gasteiger partial charge on any atom is -0.385 e. The Morgan fingerprint density at radius 3 is 2.94 bits per heavy atom. The van der Waals surface area contributed by atoms with Crippen LogP contribution in [0.2, 0.25) is 0 Å². The number of pyridine rings is 1. The van der Waals surface area contributed by atoms with Gasteiger partial charge in [0.25, 0.3) is 0 Å². The monoisotopic (exact) mass is 269 g/mol. The zero-order chi connectivity index (χ0) is 13.6. The fourth-order valence-electron chi connectivity index (χ4n) is 1.37. The van der Waals surface area contributed by atoms with E-state index in [1.165, 1.54) is 18.3 Å². The number of nitrogens with one attached hydrogen (secondary N) is 1. The molecule has 6 nitrogen and oxygen atoms in total. The van der Waals surface area contributed by atoms with E-state index in [0.717, 1.165) is 0 Å². The molecule has 0 aliphatic carbocycles. The summed E-state index contributed by atoms with van der Waals surface area (Å²) in [6.45, 7) is 2.20. The topological polar surface area (TPSA) is 92.1 Å². The predicted octanol–water partition coefficient (Wildman–Crippen LogP) is 0.657. The SMILES string of the molecule is COCCC(C)NS(=O)(=O)c1cccnc1C#N. The average Bonchev–Trinajstić information content (AvgIpc) is 2.35. The van der Waals surface area contributed by atoms with Crippen LogP contribution < -0.4 is 4.72 Å². The summed E-state index contributed by atoms with van der Waals surface area (Å²) in [6.07, 6.45) is 1.93. The predicted molar refractivity (Wildman–Crippen MR) is 65.2 cm³/mol. The summed E-state index contributed by atoms with van der Waals surface area (Å²) in [5.74, 6) is 0. The molecule has 1 heterocycles. The van der Waals surface area contributed by atoms with Crippen molar-refractivity contribution in [3.05, 3.63) is 24.0 Å². The van der Waals surface area contributed by atoms with Gasteiger partial charge in [-0.1, -0.05) is 0 Å². The largest absolute Gasteiger partial charge is 0.385 e. The van der Waals surface area contributed by atoms with Crippen LogP contribution >= 0.6 is 0 Å². The number of hydrogen-bond acceptors (Lipinski definition) is 5. The van der Waals surface area contributed by atoms with E-state index in [-0.39, 0.29) is 16.6 Å². The Hall–Kier alpha value is -1.49. The third-order valence-electron chi connectivity index (χ3n) is 2.28. The molecule has 1 unspecified atom stereocenters. The molecule has 1 rings (SSSR count). The molecule has 0 aromatic carbocycles. The first-order chi connectivity index (χ1) is 8.51.